The first-order valence-corrected chi connectivity index (χ1v) is 8.19. The van der Waals surface area contributed by atoms with Gasteiger partial charge in [-0.2, -0.15) is 0 Å². The van der Waals surface area contributed by atoms with Crippen LogP contribution in [0.3, 0.4) is 0 Å². The molecule has 3 atom stereocenters. The average molecular weight is 434 g/mol. The first-order chi connectivity index (χ1) is 7.31. The molecule has 3 unspecified atom stereocenters. The lowest BCUT2D eigenvalue weighted by molar-refractivity contribution is 0.791. The van der Waals surface area contributed by atoms with Crippen LogP contribution in [0, 0.1) is 0 Å². The minimum absolute atomic E-state index is 0.299. The zero-order valence-corrected chi connectivity index (χ0v) is 14.8. The molecule has 0 aliphatic carbocycles. The highest BCUT2D eigenvalue weighted by molar-refractivity contribution is 9.11. The molecule has 94 valence electrons. The molecule has 0 aromatic rings. The summed E-state index contributed by atoms with van der Waals surface area (Å²) in [4.78, 5) is 0.390. The molecule has 0 nitrogen and oxygen atoms in total. The second-order valence-corrected chi connectivity index (χ2v) is 6.90. The van der Waals surface area contributed by atoms with Crippen molar-refractivity contribution in [2.75, 3.05) is 11.2 Å². The minimum Gasteiger partial charge on any atom is -0.124 e. The van der Waals surface area contributed by atoms with Crippen molar-refractivity contribution >= 4 is 78.3 Å². The lowest BCUT2D eigenvalue weighted by atomic mass is 10.0. The van der Waals surface area contributed by atoms with Crippen molar-refractivity contribution in [2.45, 2.75) is 22.0 Å². The average Bonchev–Trinajstić information content (AvgIpc) is 2.25. The SMILES string of the molecule is CC(Cl)(/C=C/Br)C(Cl)/C=C/C(Cl)(CCl)CBr. The van der Waals surface area contributed by atoms with Gasteiger partial charge in [0.05, 0.1) is 15.1 Å². The predicted octanol–water partition coefficient (Wildman–Crippen LogP) is 5.67. The topological polar surface area (TPSA) is 0 Å². The van der Waals surface area contributed by atoms with Crippen molar-refractivity contribution in [3.63, 3.8) is 0 Å². The van der Waals surface area contributed by atoms with Gasteiger partial charge in [0, 0.05) is 11.2 Å². The summed E-state index contributed by atoms with van der Waals surface area (Å²) in [7, 11) is 0. The third-order valence-electron chi connectivity index (χ3n) is 1.94. The fourth-order valence-corrected chi connectivity index (χ4v) is 2.64. The van der Waals surface area contributed by atoms with E-state index in [0.29, 0.717) is 11.2 Å². The van der Waals surface area contributed by atoms with Crippen molar-refractivity contribution in [1.29, 1.82) is 0 Å². The molecule has 6 heteroatoms. The van der Waals surface area contributed by atoms with Crippen molar-refractivity contribution in [2.24, 2.45) is 0 Å². The molecule has 0 radical (unpaired) electrons. The molecule has 0 aliphatic rings. The Morgan fingerprint density at radius 2 is 1.88 bits per heavy atom. The van der Waals surface area contributed by atoms with E-state index in [9.17, 15) is 0 Å². The Morgan fingerprint density at radius 1 is 1.31 bits per heavy atom. The minimum atomic E-state index is -0.669. The summed E-state index contributed by atoms with van der Waals surface area (Å²) >= 11 is 30.8. The van der Waals surface area contributed by atoms with E-state index in [1.807, 2.05) is 6.92 Å². The van der Waals surface area contributed by atoms with Crippen LogP contribution >= 0.6 is 78.3 Å². The second kappa shape index (κ2) is 7.91. The lowest BCUT2D eigenvalue weighted by Crippen LogP contribution is -2.27. The van der Waals surface area contributed by atoms with Crippen molar-refractivity contribution in [3.05, 3.63) is 23.2 Å². The van der Waals surface area contributed by atoms with E-state index < -0.39 is 9.75 Å². The molecule has 0 heterocycles. The predicted molar refractivity (Wildman–Crippen MR) is 84.2 cm³/mol. The second-order valence-electron chi connectivity index (χ2n) is 3.51. The molecule has 0 spiro atoms. The van der Waals surface area contributed by atoms with Crippen LogP contribution < -0.4 is 0 Å². The van der Waals surface area contributed by atoms with Gasteiger partial charge in [-0.05, 0) is 11.9 Å². The van der Waals surface area contributed by atoms with Crippen LogP contribution in [-0.4, -0.2) is 26.3 Å². The summed E-state index contributed by atoms with van der Waals surface area (Å²) in [6.45, 7) is 1.82. The molecular weight excluding hydrogens is 422 g/mol. The highest BCUT2D eigenvalue weighted by Gasteiger charge is 2.27. The van der Waals surface area contributed by atoms with Crippen LogP contribution in [0.15, 0.2) is 23.2 Å². The zero-order chi connectivity index (χ0) is 12.8. The fraction of sp³-hybridized carbons (Fsp3) is 0.600. The third-order valence-corrected chi connectivity index (χ3v) is 5.60. The van der Waals surface area contributed by atoms with Crippen molar-refractivity contribution in [3.8, 4) is 0 Å². The standard InChI is InChI=1S/C10H12Br2Cl4/c1-9(15,4-5-11)8(14)2-3-10(16,6-12)7-13/h2-5,8H,6-7H2,1H3/b3-2+,5-4+. The zero-order valence-electron chi connectivity index (χ0n) is 8.57. The number of hydrogen-bond donors (Lipinski definition) is 0. The first-order valence-electron chi connectivity index (χ1n) is 4.42. The van der Waals surface area contributed by atoms with Gasteiger partial charge in [-0.15, -0.1) is 46.4 Å². The van der Waals surface area contributed by atoms with Gasteiger partial charge >= 0.3 is 0 Å². The molecule has 0 aromatic heterocycles. The van der Waals surface area contributed by atoms with Crippen LogP contribution in [0.4, 0.5) is 0 Å². The smallest absolute Gasteiger partial charge is 0.0857 e. The summed E-state index contributed by atoms with van der Waals surface area (Å²) < 4.78 is 0. The molecule has 0 saturated heterocycles. The maximum absolute atomic E-state index is 6.21. The summed E-state index contributed by atoms with van der Waals surface area (Å²) in [5.41, 5.74) is 0. The van der Waals surface area contributed by atoms with Gasteiger partial charge in [0.1, 0.15) is 0 Å². The monoisotopic (exact) mass is 430 g/mol. The lowest BCUT2D eigenvalue weighted by Gasteiger charge is -2.23. The Morgan fingerprint density at radius 3 is 2.25 bits per heavy atom. The molecule has 0 aliphatic heterocycles. The van der Waals surface area contributed by atoms with Crippen molar-refractivity contribution in [1.82, 2.24) is 0 Å². The van der Waals surface area contributed by atoms with Gasteiger partial charge in [0.15, 0.2) is 0 Å². The Labute approximate surface area is 134 Å². The van der Waals surface area contributed by atoms with E-state index >= 15 is 0 Å². The van der Waals surface area contributed by atoms with Crippen molar-refractivity contribution < 1.29 is 0 Å². The molecule has 0 saturated carbocycles. The molecule has 0 aromatic carbocycles. The summed E-state index contributed by atoms with van der Waals surface area (Å²) in [6.07, 6.45) is 5.30. The van der Waals surface area contributed by atoms with Gasteiger partial charge < -0.3 is 0 Å². The molecule has 0 bridgehead atoms. The molecule has 0 rings (SSSR count). The Kier molecular flexibility index (Phi) is 8.70. The van der Waals surface area contributed by atoms with Gasteiger partial charge in [0.2, 0.25) is 0 Å². The number of allylic oxidation sites excluding steroid dienone is 3. The van der Waals surface area contributed by atoms with Gasteiger partial charge in [-0.1, -0.05) is 50.1 Å². The van der Waals surface area contributed by atoms with E-state index in [-0.39, 0.29) is 5.38 Å². The van der Waals surface area contributed by atoms with E-state index in [1.54, 1.807) is 23.2 Å². The van der Waals surface area contributed by atoms with Crippen LogP contribution in [0.5, 0.6) is 0 Å². The van der Waals surface area contributed by atoms with E-state index in [4.69, 9.17) is 46.4 Å². The summed E-state index contributed by atoms with van der Waals surface area (Å²) in [6, 6.07) is 0. The number of rotatable bonds is 6. The molecule has 16 heavy (non-hydrogen) atoms. The Balaban J connectivity index is 4.66. The number of hydrogen-bond acceptors (Lipinski definition) is 0. The van der Waals surface area contributed by atoms with Crippen LogP contribution in [0.1, 0.15) is 6.92 Å². The van der Waals surface area contributed by atoms with Gasteiger partial charge in [0.25, 0.3) is 0 Å². The summed E-state index contributed by atoms with van der Waals surface area (Å²) in [5.74, 6) is 0.299. The van der Waals surface area contributed by atoms with E-state index in [2.05, 4.69) is 31.9 Å². The molecule has 0 fully saturated rings. The summed E-state index contributed by atoms with van der Waals surface area (Å²) in [5, 5.41) is 0.182. The van der Waals surface area contributed by atoms with Crippen LogP contribution in [0.25, 0.3) is 0 Å². The van der Waals surface area contributed by atoms with Gasteiger partial charge in [-0.3, -0.25) is 0 Å². The van der Waals surface area contributed by atoms with E-state index in [1.165, 1.54) is 0 Å². The number of halogens is 6. The van der Waals surface area contributed by atoms with Crippen LogP contribution in [-0.2, 0) is 0 Å². The number of alkyl halides is 5. The third kappa shape index (κ3) is 5.97. The molecular formula is C10H12Br2Cl4. The molecule has 0 N–H and O–H groups in total. The largest absolute Gasteiger partial charge is 0.124 e. The normalized spacial score (nSPS) is 22.2. The Hall–Kier alpha value is 1.60. The van der Waals surface area contributed by atoms with E-state index in [0.717, 1.165) is 0 Å². The first kappa shape index (κ1) is 17.6. The van der Waals surface area contributed by atoms with Gasteiger partial charge in [-0.25, -0.2) is 0 Å². The maximum Gasteiger partial charge on any atom is 0.0857 e. The molecule has 0 amide bonds. The highest BCUT2D eigenvalue weighted by Crippen LogP contribution is 2.29. The highest BCUT2D eigenvalue weighted by atomic mass is 79.9. The quantitative estimate of drug-likeness (QED) is 0.374. The van der Waals surface area contributed by atoms with Crippen LogP contribution in [0.2, 0.25) is 0 Å². The fourth-order valence-electron chi connectivity index (χ4n) is 0.785. The Bertz CT molecular complexity index is 260. The maximum atomic E-state index is 6.21.